The third-order valence-electron chi connectivity index (χ3n) is 2.56. The van der Waals surface area contributed by atoms with Crippen molar-refractivity contribution in [2.45, 2.75) is 55.3 Å². The van der Waals surface area contributed by atoms with Crippen molar-refractivity contribution in [3.8, 4) is 0 Å². The molecule has 0 saturated heterocycles. The first-order valence-corrected chi connectivity index (χ1v) is 6.86. The summed E-state index contributed by atoms with van der Waals surface area (Å²) >= 11 is 1.82. The Kier molecular flexibility index (Phi) is 4.64. The smallest absolute Gasteiger partial charge is 0.0286 e. The molecule has 1 unspecified atom stereocenters. The fourth-order valence-corrected chi connectivity index (χ4v) is 3.06. The van der Waals surface area contributed by atoms with E-state index in [0.29, 0.717) is 5.25 Å². The summed E-state index contributed by atoms with van der Waals surface area (Å²) in [6.45, 7) is 8.24. The predicted molar refractivity (Wildman–Crippen MR) is 77.2 cm³/mol. The summed E-state index contributed by atoms with van der Waals surface area (Å²) in [4.78, 5) is 1.25. The molecule has 0 amide bonds. The summed E-state index contributed by atoms with van der Waals surface area (Å²) in [5.74, 6) is 0. The van der Waals surface area contributed by atoms with Crippen LogP contribution in [0.5, 0.6) is 0 Å². The predicted octanol–water partition coefficient (Wildman–Crippen LogP) is 3.01. The van der Waals surface area contributed by atoms with Crippen molar-refractivity contribution in [1.29, 1.82) is 0 Å². The van der Waals surface area contributed by atoms with E-state index in [-0.39, 0.29) is 11.1 Å². The van der Waals surface area contributed by atoms with Crippen molar-refractivity contribution in [3.63, 3.8) is 0 Å². The first-order valence-electron chi connectivity index (χ1n) is 5.98. The molecule has 0 aliphatic carbocycles. The molecule has 0 heterocycles. The van der Waals surface area contributed by atoms with Crippen molar-refractivity contribution in [2.24, 2.45) is 11.5 Å². The van der Waals surface area contributed by atoms with E-state index in [1.54, 1.807) is 0 Å². The first-order chi connectivity index (χ1) is 7.68. The molecule has 3 heteroatoms. The van der Waals surface area contributed by atoms with Gasteiger partial charge in [0.05, 0.1) is 0 Å². The monoisotopic (exact) mass is 252 g/mol. The van der Waals surface area contributed by atoms with E-state index in [9.17, 15) is 0 Å². The fraction of sp³-hybridized carbons (Fsp3) is 0.571. The molecule has 1 aromatic carbocycles. The summed E-state index contributed by atoms with van der Waals surface area (Å²) in [5.41, 5.74) is 11.9. The normalized spacial score (nSPS) is 14.7. The highest BCUT2D eigenvalue weighted by molar-refractivity contribution is 8.00. The molecule has 4 N–H and O–H groups in total. The zero-order chi connectivity index (χ0) is 13.1. The van der Waals surface area contributed by atoms with Gasteiger partial charge in [0.1, 0.15) is 0 Å². The van der Waals surface area contributed by atoms with Crippen LogP contribution < -0.4 is 11.5 Å². The third kappa shape index (κ3) is 5.57. The molecule has 96 valence electrons. The summed E-state index contributed by atoms with van der Waals surface area (Å²) in [7, 11) is 0. The van der Waals surface area contributed by atoms with Gasteiger partial charge in [0.25, 0.3) is 0 Å². The van der Waals surface area contributed by atoms with Gasteiger partial charge in [-0.05, 0) is 46.2 Å². The van der Waals surface area contributed by atoms with Crippen molar-refractivity contribution in [2.75, 3.05) is 0 Å². The number of hydrogen-bond donors (Lipinski definition) is 2. The SMILES string of the molecule is CC(C)(N)CC(Sc1ccccc1)C(C)(C)N. The van der Waals surface area contributed by atoms with Gasteiger partial charge in [-0.1, -0.05) is 18.2 Å². The van der Waals surface area contributed by atoms with Gasteiger partial charge in [0.15, 0.2) is 0 Å². The van der Waals surface area contributed by atoms with E-state index >= 15 is 0 Å². The van der Waals surface area contributed by atoms with E-state index in [4.69, 9.17) is 11.5 Å². The molecule has 0 aliphatic heterocycles. The van der Waals surface area contributed by atoms with Gasteiger partial charge < -0.3 is 11.5 Å². The molecule has 2 nitrogen and oxygen atoms in total. The molecular weight excluding hydrogens is 228 g/mol. The summed E-state index contributed by atoms with van der Waals surface area (Å²) < 4.78 is 0. The minimum absolute atomic E-state index is 0.191. The summed E-state index contributed by atoms with van der Waals surface area (Å²) in [6.07, 6.45) is 0.899. The maximum absolute atomic E-state index is 6.26. The second-order valence-electron chi connectivity index (χ2n) is 5.93. The lowest BCUT2D eigenvalue weighted by atomic mass is 9.90. The van der Waals surface area contributed by atoms with Crippen LogP contribution in [-0.2, 0) is 0 Å². The van der Waals surface area contributed by atoms with E-state index in [1.807, 2.05) is 17.8 Å². The molecule has 1 rings (SSSR count). The van der Waals surface area contributed by atoms with Crippen molar-refractivity contribution in [1.82, 2.24) is 0 Å². The zero-order valence-electron chi connectivity index (χ0n) is 11.2. The molecule has 0 bridgehead atoms. The highest BCUT2D eigenvalue weighted by Crippen LogP contribution is 2.33. The lowest BCUT2D eigenvalue weighted by Crippen LogP contribution is -2.48. The summed E-state index contributed by atoms with van der Waals surface area (Å²) in [6, 6.07) is 10.4. The Morgan fingerprint density at radius 1 is 1.06 bits per heavy atom. The topological polar surface area (TPSA) is 52.0 Å². The molecule has 0 spiro atoms. The number of nitrogens with two attached hydrogens (primary N) is 2. The molecule has 17 heavy (non-hydrogen) atoms. The van der Waals surface area contributed by atoms with Crippen LogP contribution in [0, 0.1) is 0 Å². The highest BCUT2D eigenvalue weighted by atomic mass is 32.2. The van der Waals surface area contributed by atoms with Crippen molar-refractivity contribution in [3.05, 3.63) is 30.3 Å². The standard InChI is InChI=1S/C14H24N2S/c1-13(2,15)10-12(14(3,4)16)17-11-8-6-5-7-9-11/h5-9,12H,10,15-16H2,1-4H3. The van der Waals surface area contributed by atoms with Crippen LogP contribution >= 0.6 is 11.8 Å². The largest absolute Gasteiger partial charge is 0.326 e. The molecule has 0 radical (unpaired) electrons. The second-order valence-corrected chi connectivity index (χ2v) is 7.21. The molecule has 1 atom stereocenters. The lowest BCUT2D eigenvalue weighted by molar-refractivity contribution is 0.388. The molecule has 0 fully saturated rings. The van der Waals surface area contributed by atoms with E-state index in [2.05, 4.69) is 52.0 Å². The Morgan fingerprint density at radius 3 is 2.00 bits per heavy atom. The molecular formula is C14H24N2S. The fourth-order valence-electron chi connectivity index (χ4n) is 1.60. The minimum Gasteiger partial charge on any atom is -0.326 e. The maximum atomic E-state index is 6.26. The zero-order valence-corrected chi connectivity index (χ0v) is 12.1. The first kappa shape index (κ1) is 14.6. The highest BCUT2D eigenvalue weighted by Gasteiger charge is 2.30. The van der Waals surface area contributed by atoms with Gasteiger partial charge in [0.2, 0.25) is 0 Å². The van der Waals surface area contributed by atoms with Gasteiger partial charge in [-0.25, -0.2) is 0 Å². The van der Waals surface area contributed by atoms with Gasteiger partial charge >= 0.3 is 0 Å². The van der Waals surface area contributed by atoms with Crippen molar-refractivity contribution >= 4 is 11.8 Å². The molecule has 0 aliphatic rings. The van der Waals surface area contributed by atoms with Gasteiger partial charge in [-0.15, -0.1) is 11.8 Å². The van der Waals surface area contributed by atoms with E-state index in [0.717, 1.165) is 6.42 Å². The Labute approximate surface area is 109 Å². The van der Waals surface area contributed by atoms with Gasteiger partial charge in [-0.3, -0.25) is 0 Å². The third-order valence-corrected chi connectivity index (χ3v) is 4.17. The Balaban J connectivity index is 2.79. The van der Waals surface area contributed by atoms with Crippen LogP contribution in [-0.4, -0.2) is 16.3 Å². The molecule has 0 saturated carbocycles. The second kappa shape index (κ2) is 5.42. The van der Waals surface area contributed by atoms with Crippen LogP contribution in [0.15, 0.2) is 35.2 Å². The Morgan fingerprint density at radius 2 is 1.59 bits per heavy atom. The average Bonchev–Trinajstić information content (AvgIpc) is 2.15. The van der Waals surface area contributed by atoms with E-state index in [1.165, 1.54) is 4.90 Å². The summed E-state index contributed by atoms with van der Waals surface area (Å²) in [5, 5.41) is 0.310. The maximum Gasteiger partial charge on any atom is 0.0286 e. The van der Waals surface area contributed by atoms with Crippen LogP contribution in [0.2, 0.25) is 0 Å². The number of thioether (sulfide) groups is 1. The van der Waals surface area contributed by atoms with Crippen LogP contribution in [0.4, 0.5) is 0 Å². The Hall–Kier alpha value is -0.510. The van der Waals surface area contributed by atoms with Crippen LogP contribution in [0.25, 0.3) is 0 Å². The number of benzene rings is 1. The van der Waals surface area contributed by atoms with Gasteiger partial charge in [-0.2, -0.15) is 0 Å². The number of rotatable bonds is 5. The molecule has 0 aromatic heterocycles. The Bertz CT molecular complexity index is 335. The van der Waals surface area contributed by atoms with Gasteiger partial charge in [0, 0.05) is 21.2 Å². The molecule has 1 aromatic rings. The van der Waals surface area contributed by atoms with E-state index < -0.39 is 0 Å². The van der Waals surface area contributed by atoms with Crippen molar-refractivity contribution < 1.29 is 0 Å². The van der Waals surface area contributed by atoms with Crippen LogP contribution in [0.1, 0.15) is 34.1 Å². The quantitative estimate of drug-likeness (QED) is 0.792. The average molecular weight is 252 g/mol. The van der Waals surface area contributed by atoms with Crippen LogP contribution in [0.3, 0.4) is 0 Å². The minimum atomic E-state index is -0.239. The lowest BCUT2D eigenvalue weighted by Gasteiger charge is -2.34. The number of hydrogen-bond acceptors (Lipinski definition) is 3.